The highest BCUT2D eigenvalue weighted by Crippen LogP contribution is 2.16. The molecule has 0 unspecified atom stereocenters. The average molecular weight is 353 g/mol. The second kappa shape index (κ2) is 10.4. The van der Waals surface area contributed by atoms with Crippen molar-refractivity contribution in [1.29, 1.82) is 0 Å². The first-order valence-corrected chi connectivity index (χ1v) is 9.06. The van der Waals surface area contributed by atoms with E-state index in [0.717, 1.165) is 31.5 Å². The second-order valence-electron chi connectivity index (χ2n) is 6.13. The third kappa shape index (κ3) is 5.70. The van der Waals surface area contributed by atoms with Crippen LogP contribution in [0.1, 0.15) is 43.9 Å². The van der Waals surface area contributed by atoms with Crippen molar-refractivity contribution in [2.75, 3.05) is 18.0 Å². The molecule has 0 saturated heterocycles. The Morgan fingerprint density at radius 1 is 1.08 bits per heavy atom. The number of hydrazone groups is 1. The van der Waals surface area contributed by atoms with E-state index < -0.39 is 12.0 Å². The minimum atomic E-state index is -1.23. The van der Waals surface area contributed by atoms with Gasteiger partial charge in [-0.2, -0.15) is 5.10 Å². The third-order valence-electron chi connectivity index (χ3n) is 4.00. The summed E-state index contributed by atoms with van der Waals surface area (Å²) in [4.78, 5) is 14.3. The van der Waals surface area contributed by atoms with E-state index in [-0.39, 0.29) is 0 Å². The Bertz CT molecular complexity index is 693. The van der Waals surface area contributed by atoms with Crippen LogP contribution in [0.3, 0.4) is 0 Å². The molecule has 2 aromatic rings. The Balaban J connectivity index is 1.92. The third-order valence-corrected chi connectivity index (χ3v) is 4.00. The van der Waals surface area contributed by atoms with Gasteiger partial charge in [-0.1, -0.05) is 56.3 Å². The molecule has 0 aromatic heterocycles. The van der Waals surface area contributed by atoms with E-state index in [1.54, 1.807) is 30.5 Å². The molecule has 2 aromatic carbocycles. The van der Waals surface area contributed by atoms with Gasteiger partial charge in [-0.25, -0.2) is 5.43 Å². The summed E-state index contributed by atoms with van der Waals surface area (Å²) in [6, 6.07) is 16.8. The van der Waals surface area contributed by atoms with Crippen LogP contribution >= 0.6 is 0 Å². The van der Waals surface area contributed by atoms with Crippen LogP contribution < -0.4 is 10.3 Å². The molecule has 1 atom stereocenters. The molecule has 2 rings (SSSR count). The van der Waals surface area contributed by atoms with Crippen LogP contribution in [0.4, 0.5) is 5.69 Å². The number of hydrogen-bond acceptors (Lipinski definition) is 4. The fraction of sp³-hybridized carbons (Fsp3) is 0.333. The molecule has 0 radical (unpaired) electrons. The first-order valence-electron chi connectivity index (χ1n) is 9.06. The molecule has 138 valence electrons. The van der Waals surface area contributed by atoms with Crippen molar-refractivity contribution in [2.45, 2.75) is 32.8 Å². The fourth-order valence-corrected chi connectivity index (χ4v) is 2.70. The lowest BCUT2D eigenvalue weighted by Crippen LogP contribution is -2.25. The number of hydrogen-bond donors (Lipinski definition) is 2. The minimum absolute atomic E-state index is 0.538. The number of nitrogens with one attached hydrogen (secondary N) is 1. The van der Waals surface area contributed by atoms with Crippen LogP contribution in [-0.4, -0.2) is 30.3 Å². The van der Waals surface area contributed by atoms with E-state index in [2.05, 4.69) is 41.4 Å². The molecule has 26 heavy (non-hydrogen) atoms. The number of aliphatic hydroxyl groups is 1. The minimum Gasteiger partial charge on any atom is -0.378 e. The topological polar surface area (TPSA) is 64.9 Å². The molecule has 0 heterocycles. The maximum absolute atomic E-state index is 11.9. The molecule has 0 bridgehead atoms. The zero-order valence-electron chi connectivity index (χ0n) is 15.4. The summed E-state index contributed by atoms with van der Waals surface area (Å²) in [7, 11) is 0. The van der Waals surface area contributed by atoms with E-state index in [1.807, 2.05) is 18.2 Å². The lowest BCUT2D eigenvalue weighted by atomic mass is 10.1. The van der Waals surface area contributed by atoms with Crippen molar-refractivity contribution in [3.63, 3.8) is 0 Å². The van der Waals surface area contributed by atoms with Gasteiger partial charge in [-0.3, -0.25) is 4.79 Å². The summed E-state index contributed by atoms with van der Waals surface area (Å²) in [5.74, 6) is -0.555. The van der Waals surface area contributed by atoms with Crippen molar-refractivity contribution < 1.29 is 9.90 Å². The van der Waals surface area contributed by atoms with E-state index in [9.17, 15) is 9.90 Å². The van der Waals surface area contributed by atoms with Crippen LogP contribution in [0, 0.1) is 0 Å². The standard InChI is InChI=1S/C21H27N3O2/c1-3-14-24(15-4-2)19-12-10-17(11-13-19)16-22-23-21(26)20(25)18-8-6-5-7-9-18/h5-13,16,20,25H,3-4,14-15H2,1-2H3,(H,23,26)/t20-/m1/s1. The predicted octanol–water partition coefficient (Wildman–Crippen LogP) is 3.50. The van der Waals surface area contributed by atoms with Gasteiger partial charge in [0, 0.05) is 18.8 Å². The van der Waals surface area contributed by atoms with Gasteiger partial charge >= 0.3 is 0 Å². The van der Waals surface area contributed by atoms with Gasteiger partial charge in [0.2, 0.25) is 0 Å². The van der Waals surface area contributed by atoms with Gasteiger partial charge in [-0.15, -0.1) is 0 Å². The number of carbonyl (C=O) groups excluding carboxylic acids is 1. The molecule has 0 aliphatic heterocycles. The van der Waals surface area contributed by atoms with Crippen molar-refractivity contribution in [1.82, 2.24) is 5.43 Å². The summed E-state index contributed by atoms with van der Waals surface area (Å²) >= 11 is 0. The number of anilines is 1. The fourth-order valence-electron chi connectivity index (χ4n) is 2.70. The largest absolute Gasteiger partial charge is 0.378 e. The van der Waals surface area contributed by atoms with Crippen molar-refractivity contribution in [3.8, 4) is 0 Å². The Kier molecular flexibility index (Phi) is 7.83. The van der Waals surface area contributed by atoms with Crippen LogP contribution in [-0.2, 0) is 4.79 Å². The van der Waals surface area contributed by atoms with Crippen LogP contribution in [0.2, 0.25) is 0 Å². The van der Waals surface area contributed by atoms with Crippen molar-refractivity contribution in [3.05, 3.63) is 65.7 Å². The number of nitrogens with zero attached hydrogens (tertiary/aromatic N) is 2. The number of carbonyl (C=O) groups is 1. The quantitative estimate of drug-likeness (QED) is 0.536. The second-order valence-corrected chi connectivity index (χ2v) is 6.13. The van der Waals surface area contributed by atoms with E-state index >= 15 is 0 Å². The molecule has 2 N–H and O–H groups in total. The highest BCUT2D eigenvalue weighted by molar-refractivity contribution is 5.85. The van der Waals surface area contributed by atoms with E-state index in [1.165, 1.54) is 5.69 Å². The molecule has 0 saturated carbocycles. The lowest BCUT2D eigenvalue weighted by molar-refractivity contribution is -0.129. The molecule has 0 aliphatic carbocycles. The monoisotopic (exact) mass is 353 g/mol. The highest BCUT2D eigenvalue weighted by Gasteiger charge is 2.15. The number of benzene rings is 2. The van der Waals surface area contributed by atoms with Gasteiger partial charge in [0.05, 0.1) is 6.21 Å². The van der Waals surface area contributed by atoms with Crippen molar-refractivity contribution >= 4 is 17.8 Å². The normalized spacial score (nSPS) is 12.1. The molecule has 5 nitrogen and oxygen atoms in total. The zero-order valence-corrected chi connectivity index (χ0v) is 15.4. The van der Waals surface area contributed by atoms with Gasteiger partial charge < -0.3 is 10.0 Å². The first-order chi connectivity index (χ1) is 12.7. The maximum Gasteiger partial charge on any atom is 0.273 e. The highest BCUT2D eigenvalue weighted by atomic mass is 16.3. The summed E-state index contributed by atoms with van der Waals surface area (Å²) < 4.78 is 0. The van der Waals surface area contributed by atoms with Gasteiger partial charge in [0.25, 0.3) is 5.91 Å². The summed E-state index contributed by atoms with van der Waals surface area (Å²) in [6.45, 7) is 6.43. The molecule has 0 aliphatic rings. The van der Waals surface area contributed by atoms with Crippen molar-refractivity contribution in [2.24, 2.45) is 5.10 Å². The Labute approximate surface area is 155 Å². The zero-order chi connectivity index (χ0) is 18.8. The van der Waals surface area contributed by atoms with Gasteiger partial charge in [-0.05, 0) is 36.1 Å². The number of rotatable bonds is 9. The van der Waals surface area contributed by atoms with E-state index in [0.29, 0.717) is 5.56 Å². The lowest BCUT2D eigenvalue weighted by Gasteiger charge is -2.23. The van der Waals surface area contributed by atoms with Gasteiger partial charge in [0.1, 0.15) is 0 Å². The number of amides is 1. The Hall–Kier alpha value is -2.66. The first kappa shape index (κ1) is 19.7. The Morgan fingerprint density at radius 3 is 2.27 bits per heavy atom. The summed E-state index contributed by atoms with van der Waals surface area (Å²) in [5, 5.41) is 13.9. The van der Waals surface area contributed by atoms with Crippen LogP contribution in [0.15, 0.2) is 59.7 Å². The average Bonchev–Trinajstić information content (AvgIpc) is 2.68. The molecule has 1 amide bonds. The van der Waals surface area contributed by atoms with E-state index in [4.69, 9.17) is 0 Å². The molecule has 5 heteroatoms. The summed E-state index contributed by atoms with van der Waals surface area (Å²) in [6.07, 6.45) is 2.56. The van der Waals surface area contributed by atoms with Crippen LogP contribution in [0.25, 0.3) is 0 Å². The van der Waals surface area contributed by atoms with Gasteiger partial charge in [0.15, 0.2) is 6.10 Å². The molecule has 0 spiro atoms. The smallest absolute Gasteiger partial charge is 0.273 e. The Morgan fingerprint density at radius 2 is 1.69 bits per heavy atom. The molecule has 0 fully saturated rings. The molecular weight excluding hydrogens is 326 g/mol. The molecular formula is C21H27N3O2. The number of aliphatic hydroxyl groups excluding tert-OH is 1. The predicted molar refractivity (Wildman–Crippen MR) is 106 cm³/mol. The summed E-state index contributed by atoms with van der Waals surface area (Å²) in [5.41, 5.74) is 4.99. The van der Waals surface area contributed by atoms with Crippen LogP contribution in [0.5, 0.6) is 0 Å². The maximum atomic E-state index is 11.9. The SMILES string of the molecule is CCCN(CCC)c1ccc(C=NNC(=O)[C@H](O)c2ccccc2)cc1.